The van der Waals surface area contributed by atoms with E-state index in [9.17, 15) is 0 Å². The third-order valence-electron chi connectivity index (χ3n) is 2.44. The molecule has 0 radical (unpaired) electrons. The average molecular weight is 112 g/mol. The van der Waals surface area contributed by atoms with Crippen molar-refractivity contribution in [3.8, 4) is 0 Å². The predicted molar refractivity (Wildman–Crippen MR) is 32.5 cm³/mol. The molecule has 2 unspecified atom stereocenters. The standard InChI is InChI=1S/C6H12N2/c1-8-2-4-5(3-8)6(4)7/h4-6H,2-3,7H2,1H3/t4-,5?,6?/m0/s1. The first-order valence-corrected chi connectivity index (χ1v) is 3.23. The fourth-order valence-electron chi connectivity index (χ4n) is 1.78. The van der Waals surface area contributed by atoms with Crippen molar-refractivity contribution < 1.29 is 0 Å². The Kier molecular flexibility index (Phi) is 0.746. The van der Waals surface area contributed by atoms with Gasteiger partial charge in [-0.05, 0) is 18.9 Å². The van der Waals surface area contributed by atoms with Crippen molar-refractivity contribution in [2.24, 2.45) is 17.6 Å². The van der Waals surface area contributed by atoms with Gasteiger partial charge in [0.2, 0.25) is 0 Å². The zero-order valence-corrected chi connectivity index (χ0v) is 5.17. The quantitative estimate of drug-likeness (QED) is 0.458. The van der Waals surface area contributed by atoms with Gasteiger partial charge in [-0.25, -0.2) is 0 Å². The van der Waals surface area contributed by atoms with Gasteiger partial charge in [-0.3, -0.25) is 0 Å². The van der Waals surface area contributed by atoms with Gasteiger partial charge >= 0.3 is 0 Å². The number of piperidine rings is 1. The fourth-order valence-corrected chi connectivity index (χ4v) is 1.78. The molecule has 1 saturated carbocycles. The van der Waals surface area contributed by atoms with Gasteiger partial charge in [-0.2, -0.15) is 0 Å². The molecule has 2 aliphatic rings. The van der Waals surface area contributed by atoms with E-state index in [2.05, 4.69) is 11.9 Å². The highest BCUT2D eigenvalue weighted by Gasteiger charge is 2.52. The minimum absolute atomic E-state index is 0.561. The van der Waals surface area contributed by atoms with Crippen LogP contribution in [-0.2, 0) is 0 Å². The summed E-state index contributed by atoms with van der Waals surface area (Å²) >= 11 is 0. The molecule has 1 saturated heterocycles. The molecule has 46 valence electrons. The van der Waals surface area contributed by atoms with Crippen LogP contribution < -0.4 is 5.73 Å². The molecule has 8 heavy (non-hydrogen) atoms. The molecular formula is C6H12N2. The van der Waals surface area contributed by atoms with Crippen molar-refractivity contribution in [2.45, 2.75) is 6.04 Å². The maximum atomic E-state index is 5.71. The van der Waals surface area contributed by atoms with E-state index in [1.54, 1.807) is 0 Å². The minimum atomic E-state index is 0.561. The summed E-state index contributed by atoms with van der Waals surface area (Å²) in [6.07, 6.45) is 0. The maximum absolute atomic E-state index is 5.71. The van der Waals surface area contributed by atoms with Crippen molar-refractivity contribution in [2.75, 3.05) is 20.1 Å². The van der Waals surface area contributed by atoms with Crippen LogP contribution in [0.25, 0.3) is 0 Å². The number of likely N-dealkylation sites (tertiary alicyclic amines) is 1. The molecule has 1 aliphatic carbocycles. The highest BCUT2D eigenvalue weighted by molar-refractivity contribution is 5.07. The largest absolute Gasteiger partial charge is 0.327 e. The average Bonchev–Trinajstić information content (AvgIpc) is 2.29. The summed E-state index contributed by atoms with van der Waals surface area (Å²) in [4.78, 5) is 2.36. The number of hydrogen-bond donors (Lipinski definition) is 1. The third kappa shape index (κ3) is 0.446. The monoisotopic (exact) mass is 112 g/mol. The predicted octanol–water partition coefficient (Wildman–Crippen LogP) is -0.495. The Bertz CT molecular complexity index is 101. The van der Waals surface area contributed by atoms with E-state index in [1.807, 2.05) is 0 Å². The molecule has 2 nitrogen and oxygen atoms in total. The molecule has 2 fully saturated rings. The van der Waals surface area contributed by atoms with Gasteiger partial charge < -0.3 is 10.6 Å². The SMILES string of the molecule is CN1CC2C(N)[C@H]2C1. The Balaban J connectivity index is 2.00. The van der Waals surface area contributed by atoms with E-state index in [4.69, 9.17) is 5.73 Å². The second kappa shape index (κ2) is 1.25. The second-order valence-corrected chi connectivity index (χ2v) is 3.13. The van der Waals surface area contributed by atoms with Crippen molar-refractivity contribution in [1.29, 1.82) is 0 Å². The lowest BCUT2D eigenvalue weighted by atomic mass is 10.4. The molecule has 0 bridgehead atoms. The maximum Gasteiger partial charge on any atom is 0.0127 e. The van der Waals surface area contributed by atoms with E-state index >= 15 is 0 Å². The number of rotatable bonds is 0. The summed E-state index contributed by atoms with van der Waals surface area (Å²) in [5.74, 6) is 1.72. The van der Waals surface area contributed by atoms with Gasteiger partial charge in [-0.1, -0.05) is 0 Å². The minimum Gasteiger partial charge on any atom is -0.327 e. The van der Waals surface area contributed by atoms with Gasteiger partial charge in [-0.15, -0.1) is 0 Å². The van der Waals surface area contributed by atoms with Gasteiger partial charge in [0.1, 0.15) is 0 Å². The zero-order chi connectivity index (χ0) is 5.72. The van der Waals surface area contributed by atoms with Crippen molar-refractivity contribution >= 4 is 0 Å². The highest BCUT2D eigenvalue weighted by Crippen LogP contribution is 2.42. The summed E-state index contributed by atoms with van der Waals surface area (Å²) in [7, 11) is 2.17. The molecule has 1 heterocycles. The van der Waals surface area contributed by atoms with Crippen LogP contribution in [-0.4, -0.2) is 31.1 Å². The molecule has 0 amide bonds. The number of fused-ring (bicyclic) bond motifs is 1. The lowest BCUT2D eigenvalue weighted by Crippen LogP contribution is -2.24. The molecule has 0 aromatic heterocycles. The number of nitrogens with two attached hydrogens (primary N) is 1. The fraction of sp³-hybridized carbons (Fsp3) is 1.00. The van der Waals surface area contributed by atoms with E-state index in [0.717, 1.165) is 11.8 Å². The number of hydrogen-bond acceptors (Lipinski definition) is 2. The van der Waals surface area contributed by atoms with Crippen LogP contribution in [0.15, 0.2) is 0 Å². The van der Waals surface area contributed by atoms with E-state index < -0.39 is 0 Å². The Morgan fingerprint density at radius 3 is 2.25 bits per heavy atom. The molecule has 1 aliphatic heterocycles. The highest BCUT2D eigenvalue weighted by atomic mass is 15.2. The summed E-state index contributed by atoms with van der Waals surface area (Å²) in [5.41, 5.74) is 5.71. The number of nitrogens with zero attached hydrogens (tertiary/aromatic N) is 1. The lowest BCUT2D eigenvalue weighted by molar-refractivity contribution is 0.362. The summed E-state index contributed by atoms with van der Waals surface area (Å²) < 4.78 is 0. The van der Waals surface area contributed by atoms with Crippen molar-refractivity contribution in [3.63, 3.8) is 0 Å². The zero-order valence-electron chi connectivity index (χ0n) is 5.17. The van der Waals surface area contributed by atoms with Crippen LogP contribution in [0.1, 0.15) is 0 Å². The van der Waals surface area contributed by atoms with E-state index in [1.165, 1.54) is 13.1 Å². The van der Waals surface area contributed by atoms with Gasteiger partial charge in [0.25, 0.3) is 0 Å². The second-order valence-electron chi connectivity index (χ2n) is 3.13. The Morgan fingerprint density at radius 1 is 1.38 bits per heavy atom. The van der Waals surface area contributed by atoms with Gasteiger partial charge in [0.05, 0.1) is 0 Å². The van der Waals surface area contributed by atoms with Crippen LogP contribution in [0.3, 0.4) is 0 Å². The van der Waals surface area contributed by atoms with Gasteiger partial charge in [0.15, 0.2) is 0 Å². The van der Waals surface area contributed by atoms with E-state index in [-0.39, 0.29) is 0 Å². The molecule has 3 atom stereocenters. The van der Waals surface area contributed by atoms with E-state index in [0.29, 0.717) is 6.04 Å². The third-order valence-corrected chi connectivity index (χ3v) is 2.44. The van der Waals surface area contributed by atoms with Crippen LogP contribution in [0.4, 0.5) is 0 Å². The first-order chi connectivity index (χ1) is 3.79. The van der Waals surface area contributed by atoms with Crippen LogP contribution in [0.5, 0.6) is 0 Å². The first kappa shape index (κ1) is 4.77. The molecule has 0 spiro atoms. The van der Waals surface area contributed by atoms with Crippen LogP contribution in [0, 0.1) is 11.8 Å². The Hall–Kier alpha value is -0.0800. The Labute approximate surface area is 49.7 Å². The Morgan fingerprint density at radius 2 is 1.88 bits per heavy atom. The van der Waals surface area contributed by atoms with Gasteiger partial charge in [0, 0.05) is 19.1 Å². The molecular weight excluding hydrogens is 100 g/mol. The van der Waals surface area contributed by atoms with Crippen molar-refractivity contribution in [3.05, 3.63) is 0 Å². The van der Waals surface area contributed by atoms with Crippen molar-refractivity contribution in [1.82, 2.24) is 4.90 Å². The smallest absolute Gasteiger partial charge is 0.0127 e. The summed E-state index contributed by atoms with van der Waals surface area (Å²) in [6.45, 7) is 2.48. The molecule has 0 aromatic carbocycles. The summed E-state index contributed by atoms with van der Waals surface area (Å²) in [6, 6.07) is 0.561. The van der Waals surface area contributed by atoms with Crippen LogP contribution in [0.2, 0.25) is 0 Å². The van der Waals surface area contributed by atoms with Crippen LogP contribution >= 0.6 is 0 Å². The topological polar surface area (TPSA) is 29.3 Å². The molecule has 2 rings (SSSR count). The summed E-state index contributed by atoms with van der Waals surface area (Å²) in [5, 5.41) is 0. The molecule has 2 heteroatoms. The molecule has 0 aromatic rings. The molecule has 2 N–H and O–H groups in total. The lowest BCUT2D eigenvalue weighted by Gasteiger charge is -2.09. The normalized spacial score (nSPS) is 54.0. The first-order valence-electron chi connectivity index (χ1n) is 3.23.